The Morgan fingerprint density at radius 3 is 2.62 bits per heavy atom. The van der Waals surface area contributed by atoms with Crippen molar-refractivity contribution in [3.05, 3.63) is 80.6 Å². The monoisotopic (exact) mass is 563 g/mol. The first kappa shape index (κ1) is 28.6. The van der Waals surface area contributed by atoms with Gasteiger partial charge in [0.15, 0.2) is 0 Å². The van der Waals surface area contributed by atoms with E-state index in [-0.39, 0.29) is 41.7 Å². The van der Waals surface area contributed by atoms with E-state index in [0.29, 0.717) is 25.1 Å². The SMILES string of the molecule is Cc1csc(C2CCCN2C(=O)c2cc(CF)cc(C(=O)NCCCNCc3cncc(C(F)(F)F)c3)c2)n1. The van der Waals surface area contributed by atoms with Crippen molar-refractivity contribution in [2.45, 2.75) is 51.6 Å². The number of halogens is 4. The third-order valence-corrected chi connectivity index (χ3v) is 7.42. The molecular weight excluding hydrogens is 534 g/mol. The minimum absolute atomic E-state index is 0.137. The van der Waals surface area contributed by atoms with Crippen LogP contribution in [0.25, 0.3) is 0 Å². The zero-order valence-electron chi connectivity index (χ0n) is 21.4. The van der Waals surface area contributed by atoms with Crippen molar-refractivity contribution in [1.82, 2.24) is 25.5 Å². The number of alkyl halides is 4. The highest BCUT2D eigenvalue weighted by Crippen LogP contribution is 2.35. The molecular formula is C27H29F4N5O2S. The smallest absolute Gasteiger partial charge is 0.352 e. The number of carbonyl (C=O) groups excluding carboxylic acids is 2. The quantitative estimate of drug-likeness (QED) is 0.261. The molecule has 39 heavy (non-hydrogen) atoms. The van der Waals surface area contributed by atoms with Gasteiger partial charge in [-0.2, -0.15) is 13.2 Å². The number of thiazole rings is 1. The summed E-state index contributed by atoms with van der Waals surface area (Å²) in [6, 6.07) is 5.30. The van der Waals surface area contributed by atoms with E-state index in [1.807, 2.05) is 12.3 Å². The number of rotatable bonds is 10. The van der Waals surface area contributed by atoms with Gasteiger partial charge in [0, 0.05) is 54.2 Å². The zero-order chi connectivity index (χ0) is 28.0. The molecule has 0 aliphatic carbocycles. The van der Waals surface area contributed by atoms with Gasteiger partial charge in [-0.15, -0.1) is 11.3 Å². The summed E-state index contributed by atoms with van der Waals surface area (Å²) in [5.74, 6) is -0.696. The van der Waals surface area contributed by atoms with E-state index in [1.165, 1.54) is 35.7 Å². The number of hydrogen-bond donors (Lipinski definition) is 2. The van der Waals surface area contributed by atoms with Gasteiger partial charge in [-0.1, -0.05) is 0 Å². The number of pyridine rings is 1. The Hall–Kier alpha value is -3.38. The highest BCUT2D eigenvalue weighted by atomic mass is 32.1. The van der Waals surface area contributed by atoms with Gasteiger partial charge in [-0.3, -0.25) is 14.6 Å². The molecule has 1 aromatic carbocycles. The predicted octanol–water partition coefficient (Wildman–Crippen LogP) is 5.22. The number of carbonyl (C=O) groups is 2. The summed E-state index contributed by atoms with van der Waals surface area (Å²) in [7, 11) is 0. The van der Waals surface area contributed by atoms with Crippen LogP contribution in [0.1, 0.15) is 73.4 Å². The van der Waals surface area contributed by atoms with Gasteiger partial charge >= 0.3 is 6.18 Å². The van der Waals surface area contributed by atoms with Crippen LogP contribution in [-0.4, -0.2) is 46.3 Å². The van der Waals surface area contributed by atoms with Gasteiger partial charge < -0.3 is 15.5 Å². The maximum absolute atomic E-state index is 13.6. The number of hydrogen-bond acceptors (Lipinski definition) is 6. The molecule has 12 heteroatoms. The number of benzene rings is 1. The van der Waals surface area contributed by atoms with Crippen LogP contribution < -0.4 is 10.6 Å². The third kappa shape index (κ3) is 7.39. The summed E-state index contributed by atoms with van der Waals surface area (Å²) in [6.45, 7) is 2.58. The fourth-order valence-corrected chi connectivity index (χ4v) is 5.41. The number of aryl methyl sites for hydroxylation is 1. The second kappa shape index (κ2) is 12.6. The van der Waals surface area contributed by atoms with E-state index in [1.54, 1.807) is 4.90 Å². The molecule has 3 aromatic rings. The van der Waals surface area contributed by atoms with E-state index < -0.39 is 24.3 Å². The second-order valence-electron chi connectivity index (χ2n) is 9.40. The van der Waals surface area contributed by atoms with Crippen LogP contribution >= 0.6 is 11.3 Å². The molecule has 1 atom stereocenters. The molecule has 1 aliphatic rings. The average molecular weight is 564 g/mol. The first-order chi connectivity index (χ1) is 18.7. The summed E-state index contributed by atoms with van der Waals surface area (Å²) in [5, 5.41) is 8.60. The molecule has 1 unspecified atom stereocenters. The second-order valence-corrected chi connectivity index (χ2v) is 10.3. The van der Waals surface area contributed by atoms with Crippen LogP contribution in [0.4, 0.5) is 17.6 Å². The Morgan fingerprint density at radius 2 is 1.90 bits per heavy atom. The average Bonchev–Trinajstić information content (AvgIpc) is 3.58. The van der Waals surface area contributed by atoms with E-state index in [9.17, 15) is 27.2 Å². The maximum Gasteiger partial charge on any atom is 0.417 e. The molecule has 4 rings (SSSR count). The minimum Gasteiger partial charge on any atom is -0.352 e. The first-order valence-electron chi connectivity index (χ1n) is 12.6. The van der Waals surface area contributed by atoms with E-state index >= 15 is 0 Å². The van der Waals surface area contributed by atoms with Crippen molar-refractivity contribution in [2.24, 2.45) is 0 Å². The fourth-order valence-electron chi connectivity index (χ4n) is 4.47. The van der Waals surface area contributed by atoms with Gasteiger partial charge in [0.25, 0.3) is 11.8 Å². The van der Waals surface area contributed by atoms with Crippen molar-refractivity contribution in [3.63, 3.8) is 0 Å². The lowest BCUT2D eigenvalue weighted by Crippen LogP contribution is -2.31. The van der Waals surface area contributed by atoms with Crippen LogP contribution in [0.2, 0.25) is 0 Å². The Balaban J connectivity index is 1.31. The van der Waals surface area contributed by atoms with E-state index in [4.69, 9.17) is 0 Å². The number of aromatic nitrogens is 2. The molecule has 0 radical (unpaired) electrons. The number of likely N-dealkylation sites (tertiary alicyclic amines) is 1. The summed E-state index contributed by atoms with van der Waals surface area (Å²) >= 11 is 1.51. The van der Waals surface area contributed by atoms with Gasteiger partial charge in [-0.25, -0.2) is 9.37 Å². The van der Waals surface area contributed by atoms with Gasteiger partial charge in [0.2, 0.25) is 0 Å². The third-order valence-electron chi connectivity index (χ3n) is 6.36. The van der Waals surface area contributed by atoms with Crippen molar-refractivity contribution >= 4 is 23.2 Å². The van der Waals surface area contributed by atoms with Crippen LogP contribution in [0.3, 0.4) is 0 Å². The normalized spacial score (nSPS) is 15.5. The van der Waals surface area contributed by atoms with E-state index in [2.05, 4.69) is 20.6 Å². The first-order valence-corrected chi connectivity index (χ1v) is 13.5. The molecule has 1 aliphatic heterocycles. The lowest BCUT2D eigenvalue weighted by molar-refractivity contribution is -0.137. The standard InChI is InChI=1S/C27H29F4N5O2S/c1-17-16-39-25(35-17)23-4-2-7-36(23)26(38)21-9-18(12-28)8-20(11-21)24(37)34-6-3-5-32-13-19-10-22(15-33-14-19)27(29,30)31/h8-11,14-16,23,32H,2-7,12-13H2,1H3,(H,34,37). The Morgan fingerprint density at radius 1 is 1.10 bits per heavy atom. The van der Waals surface area contributed by atoms with Gasteiger partial charge in [0.1, 0.15) is 11.7 Å². The van der Waals surface area contributed by atoms with Gasteiger partial charge in [-0.05, 0) is 68.1 Å². The molecule has 2 aromatic heterocycles. The topological polar surface area (TPSA) is 87.2 Å². The lowest BCUT2D eigenvalue weighted by atomic mass is 10.0. The Bertz CT molecular complexity index is 1310. The molecule has 0 saturated carbocycles. The summed E-state index contributed by atoms with van der Waals surface area (Å²) in [6.07, 6.45) is -0.163. The highest BCUT2D eigenvalue weighted by Gasteiger charge is 2.33. The number of nitrogens with one attached hydrogen (secondary N) is 2. The summed E-state index contributed by atoms with van der Waals surface area (Å²) < 4.78 is 52.0. The lowest BCUT2D eigenvalue weighted by Gasteiger charge is -2.23. The maximum atomic E-state index is 13.6. The molecule has 1 fully saturated rings. The summed E-state index contributed by atoms with van der Waals surface area (Å²) in [4.78, 5) is 36.1. The van der Waals surface area contributed by atoms with E-state index in [0.717, 1.165) is 35.8 Å². The van der Waals surface area contributed by atoms with Crippen LogP contribution in [-0.2, 0) is 19.4 Å². The number of amides is 2. The van der Waals surface area contributed by atoms with Crippen LogP contribution in [0, 0.1) is 6.92 Å². The van der Waals surface area contributed by atoms with Crippen LogP contribution in [0.15, 0.2) is 42.0 Å². The molecule has 2 N–H and O–H groups in total. The Labute approximate surface area is 227 Å². The molecule has 7 nitrogen and oxygen atoms in total. The molecule has 208 valence electrons. The Kier molecular flexibility index (Phi) is 9.28. The summed E-state index contributed by atoms with van der Waals surface area (Å²) in [5.41, 5.74) is 1.18. The zero-order valence-corrected chi connectivity index (χ0v) is 22.2. The molecule has 3 heterocycles. The van der Waals surface area contributed by atoms with Crippen LogP contribution in [0.5, 0.6) is 0 Å². The fraction of sp³-hybridized carbons (Fsp3) is 0.407. The number of nitrogens with zero attached hydrogens (tertiary/aromatic N) is 3. The van der Waals surface area contributed by atoms with Crippen molar-refractivity contribution in [1.29, 1.82) is 0 Å². The predicted molar refractivity (Wildman–Crippen MR) is 139 cm³/mol. The van der Waals surface area contributed by atoms with Gasteiger partial charge in [0.05, 0.1) is 11.6 Å². The molecule has 0 bridgehead atoms. The van der Waals surface area contributed by atoms with Crippen molar-refractivity contribution in [3.8, 4) is 0 Å². The molecule has 1 saturated heterocycles. The minimum atomic E-state index is -4.45. The van der Waals surface area contributed by atoms with Crippen molar-refractivity contribution in [2.75, 3.05) is 19.6 Å². The van der Waals surface area contributed by atoms with Crippen molar-refractivity contribution < 1.29 is 27.2 Å². The molecule has 2 amide bonds. The molecule has 0 spiro atoms. The highest BCUT2D eigenvalue weighted by molar-refractivity contribution is 7.09. The largest absolute Gasteiger partial charge is 0.417 e.